The number of guanidine groups is 2. The second kappa shape index (κ2) is 11.0. The number of nitrogens with two attached hydrogens (primary N) is 2. The minimum absolute atomic E-state index is 0.0317. The van der Waals surface area contributed by atoms with E-state index in [9.17, 15) is 0 Å². The van der Waals surface area contributed by atoms with Gasteiger partial charge in [0.25, 0.3) is 5.97 Å². The Balaban J connectivity index is 0.000000828. The molecule has 0 unspecified atom stereocenters. The van der Waals surface area contributed by atoms with Gasteiger partial charge < -0.3 is 21.3 Å². The first-order chi connectivity index (χ1) is 12.5. The van der Waals surface area contributed by atoms with E-state index in [4.69, 9.17) is 60.9 Å². The van der Waals surface area contributed by atoms with Gasteiger partial charge in [-0.05, 0) is 71.9 Å². The summed E-state index contributed by atoms with van der Waals surface area (Å²) in [5.41, 5.74) is 15.1. The second-order valence-electron chi connectivity index (χ2n) is 5.33. The largest absolute Gasteiger partial charge is 0.481 e. The Bertz CT molecular complexity index is 666. The highest BCUT2D eigenvalue weighted by Crippen LogP contribution is 2.30. The number of aliphatic imine (C=N–C) groups is 2. The lowest BCUT2D eigenvalue weighted by atomic mass is 10.3. The normalized spacial score (nSPS) is 15.7. The third kappa shape index (κ3) is 11.4. The average molecular weight is 440 g/mol. The maximum atomic E-state index is 9.00. The van der Waals surface area contributed by atoms with Gasteiger partial charge in [-0.15, -0.1) is 0 Å². The van der Waals surface area contributed by atoms with Gasteiger partial charge in [-0.2, -0.15) is 4.99 Å². The molecule has 0 bridgehead atoms. The number of nitrogens with zero attached hydrogens (tertiary/aromatic N) is 3. The van der Waals surface area contributed by atoms with Crippen LogP contribution in [0.2, 0.25) is 0 Å². The number of carboxylic acids is 1. The van der Waals surface area contributed by atoms with Gasteiger partial charge in [0.2, 0.25) is 11.9 Å². The zero-order chi connectivity index (χ0) is 20.4. The fourth-order valence-electron chi connectivity index (χ4n) is 2.02. The van der Waals surface area contributed by atoms with Crippen LogP contribution in [-0.2, 0) is 4.79 Å². The summed E-state index contributed by atoms with van der Waals surface area (Å²) >= 11 is 16.6. The van der Waals surface area contributed by atoms with Crippen LogP contribution in [0.25, 0.3) is 0 Å². The molecule has 1 heterocycles. The van der Waals surface area contributed by atoms with Crippen molar-refractivity contribution >= 4 is 58.4 Å². The molecule has 0 spiro atoms. The van der Waals surface area contributed by atoms with Crippen LogP contribution in [0.4, 0.5) is 5.69 Å². The number of benzene rings is 1. The zero-order valence-corrected chi connectivity index (χ0v) is 16.8. The Kier molecular flexibility index (Phi) is 9.44. The molecule has 12 heteroatoms. The molecule has 1 aromatic rings. The molecule has 27 heavy (non-hydrogen) atoms. The fourth-order valence-corrected chi connectivity index (χ4v) is 2.29. The summed E-state index contributed by atoms with van der Waals surface area (Å²) in [6.45, 7) is 2.94. The molecular formula is C15H21Cl3N6O3. The van der Waals surface area contributed by atoms with E-state index >= 15 is 0 Å². The van der Waals surface area contributed by atoms with Crippen LogP contribution in [0, 0.1) is 0 Å². The number of alkyl halides is 3. The number of hydrogen-bond acceptors (Lipinski definition) is 4. The first-order valence-corrected chi connectivity index (χ1v) is 8.94. The van der Waals surface area contributed by atoms with Crippen molar-refractivity contribution in [3.05, 3.63) is 24.3 Å². The first kappa shape index (κ1) is 23.1. The predicted molar refractivity (Wildman–Crippen MR) is 108 cm³/mol. The van der Waals surface area contributed by atoms with E-state index < -0.39 is 9.95 Å². The highest BCUT2D eigenvalue weighted by Gasteiger charge is 2.21. The smallest absolute Gasteiger partial charge is 0.338 e. The van der Waals surface area contributed by atoms with Crippen LogP contribution in [0.5, 0.6) is 5.75 Å². The van der Waals surface area contributed by atoms with Crippen molar-refractivity contribution < 1.29 is 14.6 Å². The minimum Gasteiger partial charge on any atom is -0.481 e. The number of hydrazine groups is 1. The summed E-state index contributed by atoms with van der Waals surface area (Å²) in [5.74, 6) is -0.213. The quantitative estimate of drug-likeness (QED) is 0.322. The molecule has 0 radical (unpaired) electrons. The standard InChI is InChI=1S/C13H17Cl3N6O.C2H4O2/c14-13(15,16)23-10-5-3-9(4-6-10)19-11(17)20-12(18)21-22-7-1-2-8-22;1-2(3)4/h3-6H,1-2,7-8H2,(H5,17,18,19,20,21);1H3,(H,3,4). The Morgan fingerprint density at radius 2 is 1.74 bits per heavy atom. The van der Waals surface area contributed by atoms with Gasteiger partial charge in [-0.3, -0.25) is 10.2 Å². The van der Waals surface area contributed by atoms with Crippen molar-refractivity contribution in [2.24, 2.45) is 21.5 Å². The van der Waals surface area contributed by atoms with Crippen LogP contribution in [0.1, 0.15) is 19.8 Å². The number of aliphatic carboxylic acids is 1. The van der Waals surface area contributed by atoms with Crippen molar-refractivity contribution in [3.8, 4) is 5.75 Å². The van der Waals surface area contributed by atoms with Gasteiger partial charge in [0.1, 0.15) is 5.75 Å². The lowest BCUT2D eigenvalue weighted by molar-refractivity contribution is -0.134. The molecule has 0 aromatic heterocycles. The van der Waals surface area contributed by atoms with Crippen molar-refractivity contribution in [2.45, 2.75) is 23.7 Å². The minimum atomic E-state index is -1.82. The van der Waals surface area contributed by atoms with Crippen LogP contribution in [0.3, 0.4) is 0 Å². The first-order valence-electron chi connectivity index (χ1n) is 7.80. The van der Waals surface area contributed by atoms with Gasteiger partial charge in [0.15, 0.2) is 0 Å². The number of hydrogen-bond donors (Lipinski definition) is 4. The Hall–Kier alpha value is -1.94. The van der Waals surface area contributed by atoms with E-state index in [0.717, 1.165) is 32.9 Å². The van der Waals surface area contributed by atoms with E-state index in [0.29, 0.717) is 11.4 Å². The lowest BCUT2D eigenvalue weighted by Gasteiger charge is -2.16. The summed E-state index contributed by atoms with van der Waals surface area (Å²) in [4.78, 5) is 17.1. The van der Waals surface area contributed by atoms with Crippen molar-refractivity contribution in [1.82, 2.24) is 10.4 Å². The van der Waals surface area contributed by atoms with Crippen molar-refractivity contribution in [1.29, 1.82) is 0 Å². The molecule has 6 N–H and O–H groups in total. The third-order valence-corrected chi connectivity index (χ3v) is 3.16. The van der Waals surface area contributed by atoms with Crippen LogP contribution >= 0.6 is 34.8 Å². The Morgan fingerprint density at radius 1 is 1.22 bits per heavy atom. The van der Waals surface area contributed by atoms with Crippen molar-refractivity contribution in [2.75, 3.05) is 13.1 Å². The SMILES string of the molecule is CC(=O)O.NC(=Nc1ccc(OC(Cl)(Cl)Cl)cc1)/N=C(\N)NN1CCCC1. The Labute approximate surface area is 171 Å². The van der Waals surface area contributed by atoms with Crippen LogP contribution in [0.15, 0.2) is 34.3 Å². The number of carbonyl (C=O) groups is 1. The van der Waals surface area contributed by atoms with E-state index in [2.05, 4.69) is 15.4 Å². The molecule has 0 amide bonds. The second-order valence-corrected chi connectivity index (χ2v) is 7.51. The zero-order valence-electron chi connectivity index (χ0n) is 14.5. The molecule has 1 aliphatic rings. The van der Waals surface area contributed by atoms with Gasteiger partial charge in [-0.1, -0.05) is 0 Å². The van der Waals surface area contributed by atoms with Gasteiger partial charge >= 0.3 is 3.98 Å². The Morgan fingerprint density at radius 3 is 2.22 bits per heavy atom. The molecule has 1 aliphatic heterocycles. The molecule has 1 aromatic carbocycles. The summed E-state index contributed by atoms with van der Waals surface area (Å²) in [5, 5.41) is 9.40. The number of nitrogens with one attached hydrogen (secondary N) is 1. The predicted octanol–water partition coefficient (Wildman–Crippen LogP) is 2.35. The summed E-state index contributed by atoms with van der Waals surface area (Å²) in [6.07, 6.45) is 2.26. The maximum Gasteiger partial charge on any atom is 0.338 e. The number of carboxylic acid groups (broad SMARTS) is 1. The molecular weight excluding hydrogens is 419 g/mol. The van der Waals surface area contributed by atoms with E-state index in [1.807, 2.05) is 5.01 Å². The number of rotatable bonds is 3. The molecule has 0 atom stereocenters. The molecule has 1 fully saturated rings. The average Bonchev–Trinajstić information content (AvgIpc) is 2.99. The maximum absolute atomic E-state index is 9.00. The highest BCUT2D eigenvalue weighted by atomic mass is 35.6. The lowest BCUT2D eigenvalue weighted by Crippen LogP contribution is -2.45. The van der Waals surface area contributed by atoms with Crippen LogP contribution in [-0.4, -0.2) is 45.1 Å². The monoisotopic (exact) mass is 438 g/mol. The third-order valence-electron chi connectivity index (χ3n) is 2.93. The molecule has 0 aliphatic carbocycles. The van der Waals surface area contributed by atoms with E-state index in [1.165, 1.54) is 0 Å². The van der Waals surface area contributed by atoms with E-state index in [-0.39, 0.29) is 11.9 Å². The molecule has 9 nitrogen and oxygen atoms in total. The van der Waals surface area contributed by atoms with E-state index in [1.54, 1.807) is 24.3 Å². The summed E-state index contributed by atoms with van der Waals surface area (Å²) in [6, 6.07) is 6.50. The highest BCUT2D eigenvalue weighted by molar-refractivity contribution is 6.66. The van der Waals surface area contributed by atoms with Gasteiger partial charge in [-0.25, -0.2) is 10.0 Å². The van der Waals surface area contributed by atoms with Crippen LogP contribution < -0.4 is 21.6 Å². The number of halogens is 3. The molecule has 150 valence electrons. The summed E-state index contributed by atoms with van der Waals surface area (Å²) in [7, 11) is 0. The van der Waals surface area contributed by atoms with Crippen molar-refractivity contribution in [3.63, 3.8) is 0 Å². The molecule has 2 rings (SSSR count). The van der Waals surface area contributed by atoms with Gasteiger partial charge in [0, 0.05) is 20.0 Å². The van der Waals surface area contributed by atoms with Gasteiger partial charge in [0.05, 0.1) is 5.69 Å². The fraction of sp³-hybridized carbons (Fsp3) is 0.400. The molecule has 1 saturated heterocycles. The number of ether oxygens (including phenoxy) is 1. The summed E-state index contributed by atoms with van der Waals surface area (Å²) < 4.78 is 3.24. The molecule has 0 saturated carbocycles. The topological polar surface area (TPSA) is 139 Å².